The third-order valence-corrected chi connectivity index (χ3v) is 3.01. The average Bonchev–Trinajstić information content (AvgIpc) is 2.38. The number of rotatable bonds is 4. The molecular formula is C12H19N3O. The molecule has 0 spiro atoms. The Balaban J connectivity index is 1.88. The molecule has 2 N–H and O–H groups in total. The van der Waals surface area contributed by atoms with Crippen molar-refractivity contribution in [3.05, 3.63) is 18.3 Å². The molecule has 16 heavy (non-hydrogen) atoms. The molecule has 1 saturated heterocycles. The van der Waals surface area contributed by atoms with Crippen LogP contribution in [-0.4, -0.2) is 31.7 Å². The Kier molecular flexibility index (Phi) is 3.99. The lowest BCUT2D eigenvalue weighted by Gasteiger charge is -2.23. The van der Waals surface area contributed by atoms with Gasteiger partial charge in [0.05, 0.1) is 7.11 Å². The van der Waals surface area contributed by atoms with E-state index in [1.54, 1.807) is 13.3 Å². The highest BCUT2D eigenvalue weighted by Gasteiger charge is 2.13. The summed E-state index contributed by atoms with van der Waals surface area (Å²) < 4.78 is 5.25. The minimum Gasteiger partial charge on any atom is -0.493 e. The van der Waals surface area contributed by atoms with Crippen LogP contribution in [0.2, 0.25) is 0 Å². The van der Waals surface area contributed by atoms with Gasteiger partial charge in [0.2, 0.25) is 0 Å². The smallest absolute Gasteiger partial charge is 0.168 e. The van der Waals surface area contributed by atoms with Gasteiger partial charge in [0.15, 0.2) is 11.6 Å². The van der Waals surface area contributed by atoms with Gasteiger partial charge in [-0.2, -0.15) is 0 Å². The fraction of sp³-hybridized carbons (Fsp3) is 0.583. The van der Waals surface area contributed by atoms with Crippen molar-refractivity contribution in [1.29, 1.82) is 0 Å². The van der Waals surface area contributed by atoms with Gasteiger partial charge in [-0.15, -0.1) is 0 Å². The molecule has 0 aromatic carbocycles. The number of hydrogen-bond acceptors (Lipinski definition) is 4. The highest BCUT2D eigenvalue weighted by molar-refractivity contribution is 5.49. The number of piperidine rings is 1. The van der Waals surface area contributed by atoms with E-state index in [0.717, 1.165) is 37.1 Å². The SMILES string of the molecule is COc1cccnc1NCC1CCNCC1. The largest absolute Gasteiger partial charge is 0.493 e. The molecule has 1 aromatic rings. The maximum Gasteiger partial charge on any atom is 0.168 e. The molecule has 2 heterocycles. The Bertz CT molecular complexity index is 324. The second kappa shape index (κ2) is 5.70. The van der Waals surface area contributed by atoms with Gasteiger partial charge < -0.3 is 15.4 Å². The molecule has 1 aliphatic heterocycles. The van der Waals surface area contributed by atoms with Crippen LogP contribution in [0.15, 0.2) is 18.3 Å². The normalized spacial score (nSPS) is 17.1. The third kappa shape index (κ3) is 2.85. The lowest BCUT2D eigenvalue weighted by atomic mass is 9.98. The van der Waals surface area contributed by atoms with Gasteiger partial charge in [0, 0.05) is 12.7 Å². The van der Waals surface area contributed by atoms with Crippen LogP contribution in [0.4, 0.5) is 5.82 Å². The molecule has 0 atom stereocenters. The van der Waals surface area contributed by atoms with E-state index >= 15 is 0 Å². The number of methoxy groups -OCH3 is 1. The Morgan fingerprint density at radius 2 is 2.31 bits per heavy atom. The van der Waals surface area contributed by atoms with E-state index in [1.807, 2.05) is 12.1 Å². The van der Waals surface area contributed by atoms with Crippen LogP contribution in [-0.2, 0) is 0 Å². The summed E-state index contributed by atoms with van der Waals surface area (Å²) in [5.74, 6) is 2.41. The lowest BCUT2D eigenvalue weighted by Crippen LogP contribution is -2.31. The number of aromatic nitrogens is 1. The first-order chi connectivity index (χ1) is 7.90. The Labute approximate surface area is 96.4 Å². The van der Waals surface area contributed by atoms with Crippen molar-refractivity contribution in [2.24, 2.45) is 5.92 Å². The summed E-state index contributed by atoms with van der Waals surface area (Å²) in [5.41, 5.74) is 0. The number of nitrogens with one attached hydrogen (secondary N) is 2. The van der Waals surface area contributed by atoms with Crippen molar-refractivity contribution in [3.63, 3.8) is 0 Å². The molecule has 0 saturated carbocycles. The molecule has 0 amide bonds. The maximum atomic E-state index is 5.25. The van der Waals surface area contributed by atoms with Crippen molar-refractivity contribution in [1.82, 2.24) is 10.3 Å². The molecule has 0 aliphatic carbocycles. The predicted octanol–water partition coefficient (Wildman–Crippen LogP) is 1.50. The van der Waals surface area contributed by atoms with E-state index in [1.165, 1.54) is 12.8 Å². The maximum absolute atomic E-state index is 5.25. The first-order valence-corrected chi connectivity index (χ1v) is 5.83. The van der Waals surface area contributed by atoms with Crippen molar-refractivity contribution in [2.75, 3.05) is 32.1 Å². The molecule has 4 heteroatoms. The first kappa shape index (κ1) is 11.2. The summed E-state index contributed by atoms with van der Waals surface area (Å²) in [4.78, 5) is 4.28. The zero-order valence-electron chi connectivity index (χ0n) is 9.70. The second-order valence-electron chi connectivity index (χ2n) is 4.13. The van der Waals surface area contributed by atoms with E-state index in [9.17, 15) is 0 Å². The molecule has 2 rings (SSSR count). The van der Waals surface area contributed by atoms with Gasteiger partial charge in [0.25, 0.3) is 0 Å². The van der Waals surface area contributed by atoms with Crippen LogP contribution in [0.1, 0.15) is 12.8 Å². The highest BCUT2D eigenvalue weighted by atomic mass is 16.5. The molecule has 0 unspecified atom stereocenters. The lowest BCUT2D eigenvalue weighted by molar-refractivity contribution is 0.387. The van der Waals surface area contributed by atoms with Gasteiger partial charge >= 0.3 is 0 Å². The van der Waals surface area contributed by atoms with Crippen molar-refractivity contribution in [3.8, 4) is 5.75 Å². The van der Waals surface area contributed by atoms with Crippen LogP contribution < -0.4 is 15.4 Å². The summed E-state index contributed by atoms with van der Waals surface area (Å²) in [7, 11) is 1.67. The molecule has 0 bridgehead atoms. The molecule has 1 fully saturated rings. The van der Waals surface area contributed by atoms with Gasteiger partial charge in [-0.25, -0.2) is 4.98 Å². The molecule has 1 aromatic heterocycles. The predicted molar refractivity (Wildman–Crippen MR) is 64.9 cm³/mol. The van der Waals surface area contributed by atoms with Crippen molar-refractivity contribution < 1.29 is 4.74 Å². The monoisotopic (exact) mass is 221 g/mol. The van der Waals surface area contributed by atoms with E-state index in [0.29, 0.717) is 0 Å². The highest BCUT2D eigenvalue weighted by Crippen LogP contribution is 2.21. The fourth-order valence-electron chi connectivity index (χ4n) is 2.01. The molecule has 0 radical (unpaired) electrons. The number of ether oxygens (including phenoxy) is 1. The molecule has 4 nitrogen and oxygen atoms in total. The van der Waals surface area contributed by atoms with Crippen LogP contribution in [0.25, 0.3) is 0 Å². The van der Waals surface area contributed by atoms with Gasteiger partial charge in [-0.3, -0.25) is 0 Å². The second-order valence-corrected chi connectivity index (χ2v) is 4.13. The molecule has 1 aliphatic rings. The van der Waals surface area contributed by atoms with Crippen molar-refractivity contribution >= 4 is 5.82 Å². The minimum atomic E-state index is 0.743. The Morgan fingerprint density at radius 1 is 1.50 bits per heavy atom. The topological polar surface area (TPSA) is 46.2 Å². The van der Waals surface area contributed by atoms with Crippen LogP contribution >= 0.6 is 0 Å². The Morgan fingerprint density at radius 3 is 3.06 bits per heavy atom. The van der Waals surface area contributed by atoms with Crippen LogP contribution in [0, 0.1) is 5.92 Å². The van der Waals surface area contributed by atoms with E-state index in [2.05, 4.69) is 15.6 Å². The zero-order chi connectivity index (χ0) is 11.2. The Hall–Kier alpha value is -1.29. The first-order valence-electron chi connectivity index (χ1n) is 5.83. The summed E-state index contributed by atoms with van der Waals surface area (Å²) in [5, 5.41) is 6.74. The molecular weight excluding hydrogens is 202 g/mol. The number of anilines is 1. The van der Waals surface area contributed by atoms with Gasteiger partial charge in [-0.05, 0) is 44.0 Å². The van der Waals surface area contributed by atoms with Crippen LogP contribution in [0.3, 0.4) is 0 Å². The summed E-state index contributed by atoms with van der Waals surface area (Å²) in [6.07, 6.45) is 4.26. The van der Waals surface area contributed by atoms with E-state index in [4.69, 9.17) is 4.74 Å². The quantitative estimate of drug-likeness (QED) is 0.809. The van der Waals surface area contributed by atoms with Crippen LogP contribution in [0.5, 0.6) is 5.75 Å². The average molecular weight is 221 g/mol. The third-order valence-electron chi connectivity index (χ3n) is 3.01. The van der Waals surface area contributed by atoms with E-state index in [-0.39, 0.29) is 0 Å². The summed E-state index contributed by atoms with van der Waals surface area (Å²) in [6, 6.07) is 3.81. The van der Waals surface area contributed by atoms with Gasteiger partial charge in [0.1, 0.15) is 0 Å². The number of nitrogens with zero attached hydrogens (tertiary/aromatic N) is 1. The summed E-state index contributed by atoms with van der Waals surface area (Å²) >= 11 is 0. The number of hydrogen-bond donors (Lipinski definition) is 2. The van der Waals surface area contributed by atoms with Crippen molar-refractivity contribution in [2.45, 2.75) is 12.8 Å². The zero-order valence-corrected chi connectivity index (χ0v) is 9.70. The molecule has 88 valence electrons. The number of pyridine rings is 1. The fourth-order valence-corrected chi connectivity index (χ4v) is 2.01. The summed E-state index contributed by atoms with van der Waals surface area (Å²) in [6.45, 7) is 3.24. The minimum absolute atomic E-state index is 0.743. The van der Waals surface area contributed by atoms with Gasteiger partial charge in [-0.1, -0.05) is 0 Å². The standard InChI is InChI=1S/C12H19N3O/c1-16-11-3-2-6-14-12(11)15-9-10-4-7-13-8-5-10/h2-3,6,10,13H,4-5,7-9H2,1H3,(H,14,15). The van der Waals surface area contributed by atoms with E-state index < -0.39 is 0 Å².